The van der Waals surface area contributed by atoms with E-state index in [-0.39, 0.29) is 30.7 Å². The molecule has 3 rings (SSSR count). The van der Waals surface area contributed by atoms with Gasteiger partial charge in [-0.15, -0.1) is 11.3 Å². The third-order valence-electron chi connectivity index (χ3n) is 5.23. The number of nitrogens with one attached hydrogen (secondary N) is 3. The van der Waals surface area contributed by atoms with Gasteiger partial charge >= 0.3 is 0 Å². The lowest BCUT2D eigenvalue weighted by Crippen LogP contribution is -2.45. The molecule has 9 heteroatoms. The summed E-state index contributed by atoms with van der Waals surface area (Å²) in [6.07, 6.45) is 2.18. The first-order valence-electron chi connectivity index (χ1n) is 10.2. The van der Waals surface area contributed by atoms with Crippen molar-refractivity contribution in [2.75, 3.05) is 32.0 Å². The molecule has 3 amide bonds. The molecule has 2 aromatic rings. The zero-order chi connectivity index (χ0) is 22.4. The van der Waals surface area contributed by atoms with E-state index in [2.05, 4.69) is 34.0 Å². The Morgan fingerprint density at radius 1 is 1.13 bits per heavy atom. The summed E-state index contributed by atoms with van der Waals surface area (Å²) in [4.78, 5) is 39.5. The second kappa shape index (κ2) is 10.7. The van der Waals surface area contributed by atoms with Crippen LogP contribution < -0.4 is 16.0 Å². The van der Waals surface area contributed by atoms with E-state index in [0.717, 1.165) is 37.3 Å². The first-order chi connectivity index (χ1) is 14.8. The zero-order valence-electron chi connectivity index (χ0n) is 17.7. The summed E-state index contributed by atoms with van der Waals surface area (Å²) in [6, 6.07) is 8.43. The Kier molecular flexibility index (Phi) is 8.06. The number of benzene rings is 1. The predicted molar refractivity (Wildman–Crippen MR) is 124 cm³/mol. The molecule has 31 heavy (non-hydrogen) atoms. The number of thiophene rings is 1. The van der Waals surface area contributed by atoms with Crippen molar-refractivity contribution in [2.45, 2.75) is 32.2 Å². The minimum atomic E-state index is -0.801. The fraction of sp³-hybridized carbons (Fsp3) is 0.409. The number of rotatable bonds is 7. The third kappa shape index (κ3) is 6.78. The fourth-order valence-corrected chi connectivity index (χ4v) is 4.42. The topological polar surface area (TPSA) is 90.5 Å². The van der Waals surface area contributed by atoms with E-state index in [1.54, 1.807) is 12.1 Å². The number of carbonyl (C=O) groups excluding carboxylic acids is 3. The first-order valence-corrected chi connectivity index (χ1v) is 11.4. The lowest BCUT2D eigenvalue weighted by atomic mass is 10.0. The summed E-state index contributed by atoms with van der Waals surface area (Å²) in [7, 11) is 2.11. The van der Waals surface area contributed by atoms with Crippen molar-refractivity contribution in [1.82, 2.24) is 15.5 Å². The van der Waals surface area contributed by atoms with Crippen LogP contribution in [0.15, 0.2) is 30.3 Å². The molecule has 1 atom stereocenters. The molecular weight excluding hydrogens is 436 g/mol. The number of carbonyl (C=O) groups is 3. The number of fused-ring (bicyclic) bond motifs is 1. The lowest BCUT2D eigenvalue weighted by molar-refractivity contribution is -0.120. The lowest BCUT2D eigenvalue weighted by Gasteiger charge is -2.19. The van der Waals surface area contributed by atoms with Crippen LogP contribution in [0.1, 0.15) is 34.1 Å². The Morgan fingerprint density at radius 3 is 2.55 bits per heavy atom. The standard InChI is InChI=1S/C22H27ClN4O3S/c1-14(28)24-10-7-18(26-22(30)19-5-6-20(23)31-19)21(29)25-17-4-3-15-8-11-27(2)12-9-16(15)13-17/h3-6,13,18H,7-12H2,1-2H3,(H,24,28)(H,25,29)(H,26,30). The van der Waals surface area contributed by atoms with Crippen LogP contribution in [-0.2, 0) is 22.4 Å². The Bertz CT molecular complexity index is 962. The maximum atomic E-state index is 13.0. The van der Waals surface area contributed by atoms with Gasteiger partial charge < -0.3 is 20.9 Å². The Labute approximate surface area is 191 Å². The molecule has 7 nitrogen and oxygen atoms in total. The number of anilines is 1. The van der Waals surface area contributed by atoms with E-state index in [0.29, 0.717) is 14.9 Å². The quantitative estimate of drug-likeness (QED) is 0.590. The molecule has 2 heterocycles. The van der Waals surface area contributed by atoms with Gasteiger partial charge in [-0.3, -0.25) is 14.4 Å². The van der Waals surface area contributed by atoms with Crippen LogP contribution in [0.2, 0.25) is 4.34 Å². The van der Waals surface area contributed by atoms with Gasteiger partial charge in [0.2, 0.25) is 11.8 Å². The molecule has 0 fully saturated rings. The Balaban J connectivity index is 1.70. The highest BCUT2D eigenvalue weighted by Gasteiger charge is 2.23. The van der Waals surface area contributed by atoms with Gasteiger partial charge in [-0.1, -0.05) is 17.7 Å². The van der Waals surface area contributed by atoms with Crippen molar-refractivity contribution in [2.24, 2.45) is 0 Å². The van der Waals surface area contributed by atoms with Crippen molar-refractivity contribution in [1.29, 1.82) is 0 Å². The highest BCUT2D eigenvalue weighted by Crippen LogP contribution is 2.22. The van der Waals surface area contributed by atoms with E-state index in [1.807, 2.05) is 12.1 Å². The van der Waals surface area contributed by atoms with Crippen LogP contribution in [0.5, 0.6) is 0 Å². The maximum absolute atomic E-state index is 13.0. The molecule has 0 aliphatic carbocycles. The predicted octanol–water partition coefficient (Wildman–Crippen LogP) is 2.70. The van der Waals surface area contributed by atoms with Gasteiger partial charge in [0.05, 0.1) is 9.21 Å². The molecule has 0 saturated heterocycles. The summed E-state index contributed by atoms with van der Waals surface area (Å²) in [5.74, 6) is -0.886. The summed E-state index contributed by atoms with van der Waals surface area (Å²) in [5, 5.41) is 8.35. The van der Waals surface area contributed by atoms with Gasteiger partial charge in [0.15, 0.2) is 0 Å². The van der Waals surface area contributed by atoms with Gasteiger partial charge in [0.1, 0.15) is 6.04 Å². The average molecular weight is 463 g/mol. The zero-order valence-corrected chi connectivity index (χ0v) is 19.2. The molecule has 1 unspecified atom stereocenters. The summed E-state index contributed by atoms with van der Waals surface area (Å²) in [6.45, 7) is 3.68. The van der Waals surface area contributed by atoms with Crippen LogP contribution in [0.25, 0.3) is 0 Å². The monoisotopic (exact) mass is 462 g/mol. The summed E-state index contributed by atoms with van der Waals surface area (Å²) in [5.41, 5.74) is 3.23. The third-order valence-corrected chi connectivity index (χ3v) is 6.46. The van der Waals surface area contributed by atoms with E-state index < -0.39 is 6.04 Å². The number of halogens is 1. The largest absolute Gasteiger partial charge is 0.356 e. The fourth-order valence-electron chi connectivity index (χ4n) is 3.47. The number of likely N-dealkylation sites (N-methyl/N-ethyl adjacent to an activating group) is 1. The van der Waals surface area contributed by atoms with Crippen molar-refractivity contribution < 1.29 is 14.4 Å². The van der Waals surface area contributed by atoms with Gasteiger partial charge in [-0.25, -0.2) is 0 Å². The van der Waals surface area contributed by atoms with Crippen LogP contribution in [0, 0.1) is 0 Å². The number of nitrogens with zero attached hydrogens (tertiary/aromatic N) is 1. The van der Waals surface area contributed by atoms with Crippen molar-refractivity contribution in [3.8, 4) is 0 Å². The minimum absolute atomic E-state index is 0.189. The second-order valence-corrected chi connectivity index (χ2v) is 9.39. The van der Waals surface area contributed by atoms with Gasteiger partial charge in [-0.2, -0.15) is 0 Å². The van der Waals surface area contributed by atoms with E-state index in [1.165, 1.54) is 18.1 Å². The van der Waals surface area contributed by atoms with Crippen LogP contribution in [-0.4, -0.2) is 55.3 Å². The van der Waals surface area contributed by atoms with Crippen molar-refractivity contribution in [3.05, 3.63) is 50.7 Å². The van der Waals surface area contributed by atoms with Crippen molar-refractivity contribution in [3.63, 3.8) is 0 Å². The SMILES string of the molecule is CC(=O)NCCC(NC(=O)c1ccc(Cl)s1)C(=O)Nc1ccc2c(c1)CCN(C)CC2. The van der Waals surface area contributed by atoms with Crippen LogP contribution in [0.4, 0.5) is 5.69 Å². The first kappa shape index (κ1) is 23.2. The van der Waals surface area contributed by atoms with E-state index >= 15 is 0 Å². The van der Waals surface area contributed by atoms with Crippen LogP contribution >= 0.6 is 22.9 Å². The molecule has 1 aliphatic heterocycles. The molecule has 1 aromatic carbocycles. The van der Waals surface area contributed by atoms with E-state index in [9.17, 15) is 14.4 Å². The molecule has 0 bridgehead atoms. The summed E-state index contributed by atoms with van der Waals surface area (Å²) >= 11 is 7.06. The minimum Gasteiger partial charge on any atom is -0.356 e. The molecule has 3 N–H and O–H groups in total. The molecule has 1 aromatic heterocycles. The number of amides is 3. The van der Waals surface area contributed by atoms with E-state index in [4.69, 9.17) is 11.6 Å². The Morgan fingerprint density at radius 2 is 1.87 bits per heavy atom. The molecule has 0 saturated carbocycles. The molecule has 0 radical (unpaired) electrons. The molecular formula is C22H27ClN4O3S. The second-order valence-electron chi connectivity index (χ2n) is 7.68. The number of hydrogen-bond acceptors (Lipinski definition) is 5. The highest BCUT2D eigenvalue weighted by molar-refractivity contribution is 7.18. The maximum Gasteiger partial charge on any atom is 0.262 e. The molecule has 0 spiro atoms. The number of hydrogen-bond donors (Lipinski definition) is 3. The highest BCUT2D eigenvalue weighted by atomic mass is 35.5. The molecule has 166 valence electrons. The van der Waals surface area contributed by atoms with Gasteiger partial charge in [0, 0.05) is 32.2 Å². The van der Waals surface area contributed by atoms with Gasteiger partial charge in [-0.05, 0) is 61.7 Å². The average Bonchev–Trinajstić information content (AvgIpc) is 3.08. The van der Waals surface area contributed by atoms with Crippen LogP contribution in [0.3, 0.4) is 0 Å². The summed E-state index contributed by atoms with van der Waals surface area (Å²) < 4.78 is 0.500. The van der Waals surface area contributed by atoms with Crippen molar-refractivity contribution >= 4 is 46.3 Å². The normalized spacial score (nSPS) is 14.8. The van der Waals surface area contributed by atoms with Gasteiger partial charge in [0.25, 0.3) is 5.91 Å². The Hall–Kier alpha value is -2.42. The smallest absolute Gasteiger partial charge is 0.262 e. The molecule has 1 aliphatic rings.